The largest absolute Gasteiger partial charge is 0.417 e. The van der Waals surface area contributed by atoms with Crippen LogP contribution in [0.2, 0.25) is 5.02 Å². The molecule has 2 aromatic carbocycles. The Hall–Kier alpha value is -1.81. The van der Waals surface area contributed by atoms with Crippen LogP contribution in [0.1, 0.15) is 22.8 Å². The van der Waals surface area contributed by atoms with E-state index < -0.39 is 17.5 Å². The van der Waals surface area contributed by atoms with Crippen molar-refractivity contribution < 1.29 is 18.0 Å². The monoisotopic (exact) mass is 298 g/mol. The molecule has 0 amide bonds. The van der Waals surface area contributed by atoms with Gasteiger partial charge in [0, 0.05) is 10.6 Å². The van der Waals surface area contributed by atoms with Crippen molar-refractivity contribution in [3.63, 3.8) is 0 Å². The summed E-state index contributed by atoms with van der Waals surface area (Å²) in [6.07, 6.45) is -4.57. The number of rotatable bonds is 2. The number of carbonyl (C=O) groups is 1. The van der Waals surface area contributed by atoms with Gasteiger partial charge in [-0.25, -0.2) is 0 Å². The zero-order chi connectivity index (χ0) is 14.9. The van der Waals surface area contributed by atoms with E-state index in [0.717, 1.165) is 13.0 Å². The van der Waals surface area contributed by atoms with Gasteiger partial charge in [0.15, 0.2) is 5.78 Å². The van der Waals surface area contributed by atoms with E-state index in [-0.39, 0.29) is 5.56 Å². The lowest BCUT2D eigenvalue weighted by Gasteiger charge is -2.13. The Morgan fingerprint density at radius 2 is 1.70 bits per heavy atom. The molecule has 20 heavy (non-hydrogen) atoms. The predicted molar refractivity (Wildman–Crippen MR) is 71.9 cm³/mol. The van der Waals surface area contributed by atoms with Crippen LogP contribution >= 0.6 is 11.6 Å². The van der Waals surface area contributed by atoms with Gasteiger partial charge >= 0.3 is 6.18 Å². The van der Waals surface area contributed by atoms with E-state index in [4.69, 9.17) is 11.6 Å². The molecule has 0 bridgehead atoms. The van der Waals surface area contributed by atoms with Crippen molar-refractivity contribution in [2.75, 3.05) is 0 Å². The fourth-order valence-electron chi connectivity index (χ4n) is 1.93. The maximum Gasteiger partial charge on any atom is 0.417 e. The van der Waals surface area contributed by atoms with Gasteiger partial charge in [-0.3, -0.25) is 4.79 Å². The summed E-state index contributed by atoms with van der Waals surface area (Å²) in [6.45, 7) is 1.11. The zero-order valence-corrected chi connectivity index (χ0v) is 11.2. The maximum absolute atomic E-state index is 13.0. The normalized spacial score (nSPS) is 11.4. The number of hydrogen-bond donors (Lipinski definition) is 0. The Bertz CT molecular complexity index is 662. The van der Waals surface area contributed by atoms with Crippen LogP contribution in [0.4, 0.5) is 13.2 Å². The average molecular weight is 299 g/mol. The highest BCUT2D eigenvalue weighted by atomic mass is 35.5. The quantitative estimate of drug-likeness (QED) is 0.694. The van der Waals surface area contributed by atoms with Crippen LogP contribution in [0.3, 0.4) is 0 Å². The van der Waals surface area contributed by atoms with Gasteiger partial charge in [0.1, 0.15) is 0 Å². The summed E-state index contributed by atoms with van der Waals surface area (Å²) in [6, 6.07) is 10.2. The van der Waals surface area contributed by atoms with Gasteiger partial charge in [-0.1, -0.05) is 35.9 Å². The van der Waals surface area contributed by atoms with Crippen molar-refractivity contribution in [1.82, 2.24) is 0 Å². The number of alkyl halides is 3. The number of carbonyl (C=O) groups excluding carboxylic acids is 1. The summed E-state index contributed by atoms with van der Waals surface area (Å²) in [5, 5.41) is 0.437. The third-order valence-corrected chi connectivity index (χ3v) is 3.10. The van der Waals surface area contributed by atoms with Gasteiger partial charge < -0.3 is 0 Å². The van der Waals surface area contributed by atoms with Crippen molar-refractivity contribution in [3.8, 4) is 11.1 Å². The molecular weight excluding hydrogens is 289 g/mol. The molecule has 0 saturated heterocycles. The minimum Gasteiger partial charge on any atom is -0.294 e. The topological polar surface area (TPSA) is 17.1 Å². The van der Waals surface area contributed by atoms with E-state index in [1.54, 1.807) is 24.3 Å². The Balaban J connectivity index is 2.61. The van der Waals surface area contributed by atoms with Crippen LogP contribution in [0.15, 0.2) is 42.5 Å². The molecule has 0 aromatic heterocycles. The highest BCUT2D eigenvalue weighted by Gasteiger charge is 2.34. The van der Waals surface area contributed by atoms with Gasteiger partial charge in [0.05, 0.1) is 5.56 Å². The predicted octanol–water partition coefficient (Wildman–Crippen LogP) is 5.23. The lowest BCUT2D eigenvalue weighted by Crippen LogP contribution is -2.11. The smallest absolute Gasteiger partial charge is 0.294 e. The number of benzene rings is 2. The molecule has 0 heterocycles. The first kappa shape index (κ1) is 14.6. The lowest BCUT2D eigenvalue weighted by atomic mass is 9.97. The minimum atomic E-state index is -4.57. The minimum absolute atomic E-state index is 0.330. The Kier molecular flexibility index (Phi) is 3.86. The van der Waals surface area contributed by atoms with Crippen LogP contribution in [-0.4, -0.2) is 5.78 Å². The van der Waals surface area contributed by atoms with Crippen LogP contribution in [0.25, 0.3) is 11.1 Å². The maximum atomic E-state index is 13.0. The first-order chi connectivity index (χ1) is 9.29. The van der Waals surface area contributed by atoms with Gasteiger partial charge in [-0.15, -0.1) is 0 Å². The van der Waals surface area contributed by atoms with Gasteiger partial charge in [-0.05, 0) is 36.2 Å². The van der Waals surface area contributed by atoms with Crippen molar-refractivity contribution >= 4 is 17.4 Å². The van der Waals surface area contributed by atoms with Crippen LogP contribution < -0.4 is 0 Å². The van der Waals surface area contributed by atoms with Crippen LogP contribution in [0.5, 0.6) is 0 Å². The molecule has 0 N–H and O–H groups in total. The molecule has 0 radical (unpaired) electrons. The standard InChI is InChI=1S/C15H10ClF3O/c1-9(20)13-6-5-11(8-14(13)15(17,18)19)10-3-2-4-12(16)7-10/h2-8H,1H3. The SMILES string of the molecule is CC(=O)c1ccc(-c2cccc(Cl)c2)cc1C(F)(F)F. The van der Waals surface area contributed by atoms with Crippen molar-refractivity contribution in [3.05, 3.63) is 58.6 Å². The number of ketones is 1. The number of hydrogen-bond acceptors (Lipinski definition) is 1. The molecule has 0 aliphatic heterocycles. The second-order valence-corrected chi connectivity index (χ2v) is 4.76. The van der Waals surface area contributed by atoms with E-state index in [2.05, 4.69) is 0 Å². The Morgan fingerprint density at radius 3 is 2.25 bits per heavy atom. The molecule has 0 saturated carbocycles. The van der Waals surface area contributed by atoms with E-state index in [0.29, 0.717) is 16.1 Å². The third kappa shape index (κ3) is 3.02. The molecule has 2 aromatic rings. The van der Waals surface area contributed by atoms with E-state index in [9.17, 15) is 18.0 Å². The Labute approximate surface area is 119 Å². The van der Waals surface area contributed by atoms with Gasteiger partial charge in [-0.2, -0.15) is 13.2 Å². The molecular formula is C15H10ClF3O. The Morgan fingerprint density at radius 1 is 1.05 bits per heavy atom. The van der Waals surface area contributed by atoms with Crippen LogP contribution in [-0.2, 0) is 6.18 Å². The first-order valence-corrected chi connectivity index (χ1v) is 6.15. The molecule has 104 valence electrons. The summed E-state index contributed by atoms with van der Waals surface area (Å²) in [5.41, 5.74) is -0.325. The van der Waals surface area contributed by atoms with Crippen molar-refractivity contribution in [2.45, 2.75) is 13.1 Å². The van der Waals surface area contributed by atoms with Gasteiger partial charge in [0.2, 0.25) is 0 Å². The molecule has 0 spiro atoms. The molecule has 0 aliphatic carbocycles. The van der Waals surface area contributed by atoms with Crippen LogP contribution in [0, 0.1) is 0 Å². The fraction of sp³-hybridized carbons (Fsp3) is 0.133. The molecule has 0 aliphatic rings. The summed E-state index contributed by atoms with van der Waals surface area (Å²) >= 11 is 5.83. The highest BCUT2D eigenvalue weighted by molar-refractivity contribution is 6.30. The zero-order valence-electron chi connectivity index (χ0n) is 10.5. The lowest BCUT2D eigenvalue weighted by molar-refractivity contribution is -0.137. The van der Waals surface area contributed by atoms with Crippen molar-refractivity contribution in [1.29, 1.82) is 0 Å². The van der Waals surface area contributed by atoms with E-state index in [1.807, 2.05) is 0 Å². The number of halogens is 4. The summed E-state index contributed by atoms with van der Waals surface area (Å²) in [5.74, 6) is -0.616. The third-order valence-electron chi connectivity index (χ3n) is 2.86. The fourth-order valence-corrected chi connectivity index (χ4v) is 2.12. The summed E-state index contributed by atoms with van der Waals surface area (Å²) in [7, 11) is 0. The average Bonchev–Trinajstić information content (AvgIpc) is 2.37. The second kappa shape index (κ2) is 5.29. The highest BCUT2D eigenvalue weighted by Crippen LogP contribution is 2.35. The second-order valence-electron chi connectivity index (χ2n) is 4.32. The van der Waals surface area contributed by atoms with Gasteiger partial charge in [0.25, 0.3) is 0 Å². The molecule has 0 fully saturated rings. The summed E-state index contributed by atoms with van der Waals surface area (Å²) in [4.78, 5) is 11.3. The van der Waals surface area contributed by atoms with E-state index in [1.165, 1.54) is 12.1 Å². The number of Topliss-reactive ketones (excluding diaryl/α,β-unsaturated/α-hetero) is 1. The van der Waals surface area contributed by atoms with E-state index >= 15 is 0 Å². The molecule has 5 heteroatoms. The first-order valence-electron chi connectivity index (χ1n) is 5.77. The molecule has 2 rings (SSSR count). The summed E-state index contributed by atoms with van der Waals surface area (Å²) < 4.78 is 39.0. The molecule has 0 atom stereocenters. The molecule has 0 unspecified atom stereocenters. The molecule has 1 nitrogen and oxygen atoms in total. The van der Waals surface area contributed by atoms with Crippen molar-refractivity contribution in [2.24, 2.45) is 0 Å².